The minimum Gasteiger partial charge on any atom is -0.496 e. The van der Waals surface area contributed by atoms with Crippen molar-refractivity contribution in [1.29, 1.82) is 0 Å². The third-order valence-electron chi connectivity index (χ3n) is 6.26. The number of halogens is 4. The number of amides is 1. The number of ether oxygens (including phenoxy) is 2. The van der Waals surface area contributed by atoms with E-state index in [4.69, 9.17) is 24.8 Å². The van der Waals surface area contributed by atoms with E-state index in [0.717, 1.165) is 18.8 Å². The van der Waals surface area contributed by atoms with Crippen molar-refractivity contribution >= 4 is 34.9 Å². The fourth-order valence-electron chi connectivity index (χ4n) is 4.24. The number of carbonyl (C=O) groups excluding carboxylic acids is 1. The summed E-state index contributed by atoms with van der Waals surface area (Å²) in [7, 11) is 1.48. The maximum Gasteiger partial charge on any atom is 0.411 e. The molecule has 2 heterocycles. The van der Waals surface area contributed by atoms with E-state index in [2.05, 4.69) is 32.4 Å². The largest absolute Gasteiger partial charge is 0.496 e. The molecule has 1 fully saturated rings. The molecule has 3 rings (SSSR count). The van der Waals surface area contributed by atoms with Crippen molar-refractivity contribution in [1.82, 2.24) is 20.1 Å². The van der Waals surface area contributed by atoms with E-state index in [1.807, 2.05) is 6.92 Å². The molecule has 218 valence electrons. The van der Waals surface area contributed by atoms with Gasteiger partial charge in [-0.05, 0) is 31.6 Å². The van der Waals surface area contributed by atoms with Gasteiger partial charge in [0.1, 0.15) is 18.2 Å². The van der Waals surface area contributed by atoms with Crippen molar-refractivity contribution in [2.75, 3.05) is 38.7 Å². The number of methoxy groups -OCH3 is 1. The first kappa shape index (κ1) is 32.5. The predicted octanol–water partition coefficient (Wildman–Crippen LogP) is 4.50. The number of rotatable bonds is 11. The first-order valence-electron chi connectivity index (χ1n) is 12.4. The fourth-order valence-corrected chi connectivity index (χ4v) is 4.57. The maximum absolute atomic E-state index is 12.9. The van der Waals surface area contributed by atoms with Crippen LogP contribution in [0.5, 0.6) is 5.75 Å². The lowest BCUT2D eigenvalue weighted by molar-refractivity contribution is -0.172. The summed E-state index contributed by atoms with van der Waals surface area (Å²) in [5.74, 6) is 1.69. The lowest BCUT2D eigenvalue weighted by atomic mass is 9.83. The van der Waals surface area contributed by atoms with Gasteiger partial charge in [0.25, 0.3) is 5.91 Å². The van der Waals surface area contributed by atoms with Gasteiger partial charge in [-0.3, -0.25) is 9.48 Å². The number of aromatic nitrogens is 3. The smallest absolute Gasteiger partial charge is 0.411 e. The molecule has 2 aromatic rings. The molecule has 1 saturated carbocycles. The van der Waals surface area contributed by atoms with Crippen molar-refractivity contribution < 1.29 is 35.9 Å². The molecule has 15 heteroatoms. The molecule has 0 aromatic carbocycles. The Morgan fingerprint density at radius 1 is 1.26 bits per heavy atom. The summed E-state index contributed by atoms with van der Waals surface area (Å²) in [6, 6.07) is 1.60. The molecule has 0 aliphatic heterocycles. The Bertz CT molecular complexity index is 1120. The molecule has 1 amide bonds. The van der Waals surface area contributed by atoms with E-state index in [1.54, 1.807) is 10.7 Å². The second-order valence-electron chi connectivity index (χ2n) is 9.10. The van der Waals surface area contributed by atoms with Gasteiger partial charge in [-0.15, -0.1) is 0 Å². The third-order valence-corrected chi connectivity index (χ3v) is 6.61. The molecular weight excluding hydrogens is 563 g/mol. The molecule has 0 bridgehead atoms. The second-order valence-corrected chi connectivity index (χ2v) is 9.61. The van der Waals surface area contributed by atoms with Crippen LogP contribution < -0.4 is 15.4 Å². The highest BCUT2D eigenvalue weighted by Crippen LogP contribution is 2.37. The first-order valence-corrected chi connectivity index (χ1v) is 13.5. The molecule has 1 aliphatic carbocycles. The van der Waals surface area contributed by atoms with Crippen LogP contribution in [0.3, 0.4) is 0 Å². The molecule has 10 nitrogen and oxygen atoms in total. The van der Waals surface area contributed by atoms with Gasteiger partial charge in [0.15, 0.2) is 5.69 Å². The van der Waals surface area contributed by atoms with Crippen LogP contribution in [0.2, 0.25) is 5.02 Å². The van der Waals surface area contributed by atoms with Gasteiger partial charge < -0.3 is 20.1 Å². The highest BCUT2D eigenvalue weighted by Gasteiger charge is 2.28. The maximum atomic E-state index is 12.9. The van der Waals surface area contributed by atoms with Gasteiger partial charge in [0.05, 0.1) is 30.0 Å². The average Bonchev–Trinajstić information content (AvgIpc) is 3.23. The van der Waals surface area contributed by atoms with Gasteiger partial charge in [-0.25, -0.2) is 4.98 Å². The molecular formula is C24H33ClF3N5O5S. The van der Waals surface area contributed by atoms with Crippen molar-refractivity contribution in [3.63, 3.8) is 0 Å². The molecule has 0 spiro atoms. The summed E-state index contributed by atoms with van der Waals surface area (Å²) in [6.45, 7) is 3.87. The Kier molecular flexibility index (Phi) is 13.1. The number of aryl methyl sites for hydroxylation is 1. The zero-order chi connectivity index (χ0) is 29.0. The molecule has 2 N–H and O–H groups in total. The Hall–Kier alpha value is -2.71. The number of nitrogens with zero attached hydrogens (tertiary/aromatic N) is 3. The van der Waals surface area contributed by atoms with Crippen molar-refractivity contribution in [2.45, 2.75) is 52.3 Å². The first-order chi connectivity index (χ1) is 18.5. The van der Waals surface area contributed by atoms with Gasteiger partial charge in [-0.1, -0.05) is 31.4 Å². The second kappa shape index (κ2) is 15.8. The Balaban J connectivity index is 0.00000170. The molecule has 0 unspecified atom stereocenters. The highest BCUT2D eigenvalue weighted by molar-refractivity contribution is 7.51. The van der Waals surface area contributed by atoms with E-state index in [1.165, 1.54) is 26.1 Å². The summed E-state index contributed by atoms with van der Waals surface area (Å²) >= 11 is 5.90. The number of hydrogen-bond acceptors (Lipinski definition) is 8. The molecule has 1 aliphatic rings. The SMILES string of the molecule is CCn1nc(C(=O)NCC2CCC(C)CC2)c(Cl)c1-c1cnc(NCCOCC(F)(F)F)cc1OC.O=S=O. The number of anilines is 1. The standard InChI is InChI=1S/C24H33ClF3N5O3.O2S/c1-4-33-22(20(25)21(32-33)23(34)31-12-16-7-5-15(2)6-8-16)17-13-30-19(11-18(17)35-3)29-9-10-36-14-24(26,27)28;1-3-2/h11,13,15-16H,4-10,12,14H2,1-3H3,(H,29,30)(H,31,34);. The summed E-state index contributed by atoms with van der Waals surface area (Å²) in [4.78, 5) is 17.2. The summed E-state index contributed by atoms with van der Waals surface area (Å²) in [6.07, 6.45) is 1.71. The van der Waals surface area contributed by atoms with Crippen LogP contribution >= 0.6 is 11.6 Å². The Morgan fingerprint density at radius 3 is 2.51 bits per heavy atom. The van der Waals surface area contributed by atoms with Crippen LogP contribution in [0.25, 0.3) is 11.3 Å². The van der Waals surface area contributed by atoms with E-state index in [0.29, 0.717) is 41.8 Å². The molecule has 0 radical (unpaired) electrons. The van der Waals surface area contributed by atoms with Crippen LogP contribution in [-0.4, -0.2) is 68.7 Å². The summed E-state index contributed by atoms with van der Waals surface area (Å²) < 4.78 is 64.8. The molecule has 2 aromatic heterocycles. The van der Waals surface area contributed by atoms with Gasteiger partial charge in [-0.2, -0.15) is 26.7 Å². The van der Waals surface area contributed by atoms with Crippen LogP contribution in [0, 0.1) is 11.8 Å². The molecule has 39 heavy (non-hydrogen) atoms. The summed E-state index contributed by atoms with van der Waals surface area (Å²) in [5.41, 5.74) is 1.18. The van der Waals surface area contributed by atoms with E-state index < -0.39 is 24.4 Å². The predicted molar refractivity (Wildman–Crippen MR) is 140 cm³/mol. The van der Waals surface area contributed by atoms with Crippen LogP contribution in [0.4, 0.5) is 19.0 Å². The number of hydrogen-bond donors (Lipinski definition) is 2. The van der Waals surface area contributed by atoms with Crippen molar-refractivity contribution in [2.24, 2.45) is 11.8 Å². The topological polar surface area (TPSA) is 124 Å². The zero-order valence-corrected chi connectivity index (χ0v) is 23.5. The minimum absolute atomic E-state index is 0.128. The number of carbonyl (C=O) groups is 1. The monoisotopic (exact) mass is 595 g/mol. The Morgan fingerprint density at radius 2 is 1.92 bits per heavy atom. The van der Waals surface area contributed by atoms with Crippen LogP contribution in [0.1, 0.15) is 50.0 Å². The number of nitrogens with one attached hydrogen (secondary N) is 2. The normalized spacial score (nSPS) is 17.1. The molecule has 0 atom stereocenters. The van der Waals surface area contributed by atoms with E-state index >= 15 is 0 Å². The lowest BCUT2D eigenvalue weighted by Crippen LogP contribution is -2.31. The van der Waals surface area contributed by atoms with Gasteiger partial charge >= 0.3 is 17.7 Å². The minimum atomic E-state index is -4.37. The summed E-state index contributed by atoms with van der Waals surface area (Å²) in [5, 5.41) is 10.5. The van der Waals surface area contributed by atoms with E-state index in [-0.39, 0.29) is 29.8 Å². The highest BCUT2D eigenvalue weighted by atomic mass is 35.5. The van der Waals surface area contributed by atoms with Crippen LogP contribution in [-0.2, 0) is 22.9 Å². The average molecular weight is 596 g/mol. The number of alkyl halides is 3. The third kappa shape index (κ3) is 10.1. The zero-order valence-electron chi connectivity index (χ0n) is 22.0. The Labute approximate surface area is 233 Å². The van der Waals surface area contributed by atoms with Crippen molar-refractivity contribution in [3.8, 4) is 17.0 Å². The van der Waals surface area contributed by atoms with Gasteiger partial charge in [0, 0.05) is 31.9 Å². The van der Waals surface area contributed by atoms with Crippen LogP contribution in [0.15, 0.2) is 12.3 Å². The number of pyridine rings is 1. The molecule has 0 saturated heterocycles. The fraction of sp³-hybridized carbons (Fsp3) is 0.625. The van der Waals surface area contributed by atoms with Crippen molar-refractivity contribution in [3.05, 3.63) is 23.0 Å². The lowest BCUT2D eigenvalue weighted by Gasteiger charge is -2.26. The quantitative estimate of drug-likeness (QED) is 0.364. The van der Waals surface area contributed by atoms with Gasteiger partial charge in [0.2, 0.25) is 0 Å². The van der Waals surface area contributed by atoms with E-state index in [9.17, 15) is 18.0 Å².